The number of hydrogen-bond acceptors (Lipinski definition) is 4. The number of methoxy groups -OCH3 is 1. The highest BCUT2D eigenvalue weighted by atomic mass is 16.5. The van der Waals surface area contributed by atoms with E-state index in [4.69, 9.17) is 16.4 Å². The summed E-state index contributed by atoms with van der Waals surface area (Å²) in [5.41, 5.74) is 3.17. The van der Waals surface area contributed by atoms with E-state index in [0.29, 0.717) is 5.84 Å². The second kappa shape index (κ2) is 4.32. The van der Waals surface area contributed by atoms with Crippen LogP contribution in [-0.2, 0) is 0 Å². The topological polar surface area (TPSA) is 85.7 Å². The lowest BCUT2D eigenvalue weighted by Gasteiger charge is -2.05. The Hall–Kier alpha value is -1.75. The molecule has 0 radical (unpaired) electrons. The molecule has 0 amide bonds. The molecule has 0 saturated heterocycles. The van der Waals surface area contributed by atoms with Crippen molar-refractivity contribution in [1.82, 2.24) is 5.43 Å². The van der Waals surface area contributed by atoms with Crippen molar-refractivity contribution in [3.63, 3.8) is 0 Å². The van der Waals surface area contributed by atoms with Gasteiger partial charge in [-0.05, 0) is 12.1 Å². The van der Waals surface area contributed by atoms with E-state index in [2.05, 4.69) is 10.5 Å². The zero-order valence-electron chi connectivity index (χ0n) is 7.32. The van der Waals surface area contributed by atoms with Gasteiger partial charge in [-0.25, -0.2) is 5.84 Å². The van der Waals surface area contributed by atoms with Gasteiger partial charge in [-0.15, -0.1) is 0 Å². The number of ether oxygens (including phenoxy) is 1. The van der Waals surface area contributed by atoms with E-state index in [-0.39, 0.29) is 0 Å². The molecule has 0 saturated carbocycles. The number of hydrazone groups is 1. The number of hydrogen-bond donors (Lipinski definition) is 3. The predicted molar refractivity (Wildman–Crippen MR) is 51.0 cm³/mol. The van der Waals surface area contributed by atoms with Crippen LogP contribution in [0.25, 0.3) is 0 Å². The minimum absolute atomic E-state index is 0.416. The van der Waals surface area contributed by atoms with Crippen molar-refractivity contribution in [3.05, 3.63) is 29.8 Å². The fourth-order valence-corrected chi connectivity index (χ4v) is 0.966. The van der Waals surface area contributed by atoms with Crippen LogP contribution in [-0.4, -0.2) is 12.9 Å². The molecule has 13 heavy (non-hydrogen) atoms. The lowest BCUT2D eigenvalue weighted by Crippen LogP contribution is -2.31. The van der Waals surface area contributed by atoms with Crippen molar-refractivity contribution in [2.24, 2.45) is 16.8 Å². The average molecular weight is 180 g/mol. The van der Waals surface area contributed by atoms with Crippen LogP contribution in [0.2, 0.25) is 0 Å². The monoisotopic (exact) mass is 180 g/mol. The van der Waals surface area contributed by atoms with E-state index in [1.165, 1.54) is 0 Å². The summed E-state index contributed by atoms with van der Waals surface area (Å²) in [7, 11) is 1.59. The van der Waals surface area contributed by atoms with Crippen molar-refractivity contribution in [3.8, 4) is 5.75 Å². The number of amidine groups is 1. The SMILES string of the molecule is COc1cccc(/C(=N/N)NN)c1. The van der Waals surface area contributed by atoms with E-state index < -0.39 is 0 Å². The molecule has 1 rings (SSSR count). The van der Waals surface area contributed by atoms with Crippen LogP contribution < -0.4 is 21.8 Å². The Bertz CT molecular complexity index is 311. The van der Waals surface area contributed by atoms with Gasteiger partial charge in [0.25, 0.3) is 0 Å². The van der Waals surface area contributed by atoms with Crippen molar-refractivity contribution in [2.75, 3.05) is 7.11 Å². The molecule has 0 aromatic heterocycles. The standard InChI is InChI=1S/C8H12N4O/c1-13-7-4-2-3-6(5-7)8(11-9)12-10/h2-5H,9-10H2,1H3,(H,11,12). The smallest absolute Gasteiger partial charge is 0.166 e. The summed E-state index contributed by atoms with van der Waals surface area (Å²) >= 11 is 0. The molecular weight excluding hydrogens is 168 g/mol. The van der Waals surface area contributed by atoms with Crippen LogP contribution in [0.15, 0.2) is 29.4 Å². The van der Waals surface area contributed by atoms with Gasteiger partial charge in [0.2, 0.25) is 0 Å². The maximum atomic E-state index is 5.21. The maximum absolute atomic E-state index is 5.21. The normalized spacial score (nSPS) is 11.1. The zero-order valence-corrected chi connectivity index (χ0v) is 7.32. The Balaban J connectivity index is 3.00. The number of nitrogens with two attached hydrogens (primary N) is 2. The highest BCUT2D eigenvalue weighted by molar-refractivity contribution is 5.98. The second-order valence-corrected chi connectivity index (χ2v) is 2.35. The molecule has 5 nitrogen and oxygen atoms in total. The summed E-state index contributed by atoms with van der Waals surface area (Å²) in [6.07, 6.45) is 0. The fraction of sp³-hybridized carbons (Fsp3) is 0.125. The largest absolute Gasteiger partial charge is 0.497 e. The van der Waals surface area contributed by atoms with Gasteiger partial charge >= 0.3 is 0 Å². The third kappa shape index (κ3) is 2.09. The van der Waals surface area contributed by atoms with Crippen molar-refractivity contribution >= 4 is 5.84 Å². The summed E-state index contributed by atoms with van der Waals surface area (Å²) in [5.74, 6) is 11.5. The lowest BCUT2D eigenvalue weighted by molar-refractivity contribution is 0.414. The first-order valence-corrected chi connectivity index (χ1v) is 3.70. The third-order valence-corrected chi connectivity index (χ3v) is 1.61. The zero-order chi connectivity index (χ0) is 9.68. The minimum atomic E-state index is 0.416. The summed E-state index contributed by atoms with van der Waals surface area (Å²) in [5, 5.41) is 3.48. The van der Waals surface area contributed by atoms with Gasteiger partial charge < -0.3 is 16.0 Å². The van der Waals surface area contributed by atoms with Gasteiger partial charge in [0.1, 0.15) is 5.75 Å². The van der Waals surface area contributed by atoms with Crippen LogP contribution in [0.3, 0.4) is 0 Å². The van der Waals surface area contributed by atoms with E-state index in [0.717, 1.165) is 11.3 Å². The molecule has 0 aliphatic carbocycles. The number of hydrazine groups is 1. The molecule has 5 N–H and O–H groups in total. The Kier molecular flexibility index (Phi) is 3.10. The number of rotatable bonds is 2. The molecule has 0 spiro atoms. The summed E-state index contributed by atoms with van der Waals surface area (Å²) < 4.78 is 5.03. The second-order valence-electron chi connectivity index (χ2n) is 2.35. The van der Waals surface area contributed by atoms with Gasteiger partial charge in [-0.3, -0.25) is 0 Å². The predicted octanol–water partition coefficient (Wildman–Crippen LogP) is -0.221. The van der Waals surface area contributed by atoms with Crippen LogP contribution in [0.5, 0.6) is 5.75 Å². The average Bonchev–Trinajstić information content (AvgIpc) is 2.20. The first-order valence-electron chi connectivity index (χ1n) is 3.70. The Morgan fingerprint density at radius 1 is 1.54 bits per heavy atom. The van der Waals surface area contributed by atoms with Gasteiger partial charge in [0, 0.05) is 5.56 Å². The molecule has 0 atom stereocenters. The van der Waals surface area contributed by atoms with Crippen molar-refractivity contribution in [1.29, 1.82) is 0 Å². The molecule has 0 aliphatic heterocycles. The highest BCUT2D eigenvalue weighted by Crippen LogP contribution is 2.12. The molecule has 1 aromatic rings. The number of benzene rings is 1. The highest BCUT2D eigenvalue weighted by Gasteiger charge is 2.01. The molecule has 0 fully saturated rings. The Morgan fingerprint density at radius 2 is 2.31 bits per heavy atom. The molecule has 70 valence electrons. The third-order valence-electron chi connectivity index (χ3n) is 1.61. The van der Waals surface area contributed by atoms with Crippen LogP contribution in [0, 0.1) is 0 Å². The van der Waals surface area contributed by atoms with Crippen LogP contribution >= 0.6 is 0 Å². The Morgan fingerprint density at radius 3 is 2.85 bits per heavy atom. The van der Waals surface area contributed by atoms with Gasteiger partial charge in [-0.2, -0.15) is 5.10 Å². The molecule has 5 heteroatoms. The van der Waals surface area contributed by atoms with Crippen LogP contribution in [0.1, 0.15) is 5.56 Å². The van der Waals surface area contributed by atoms with Crippen molar-refractivity contribution < 1.29 is 4.74 Å². The van der Waals surface area contributed by atoms with Gasteiger partial charge in [0.05, 0.1) is 7.11 Å². The summed E-state index contributed by atoms with van der Waals surface area (Å²) in [6, 6.07) is 7.27. The molecule has 0 heterocycles. The summed E-state index contributed by atoms with van der Waals surface area (Å²) in [6.45, 7) is 0. The molecule has 0 unspecified atom stereocenters. The first kappa shape index (κ1) is 9.34. The van der Waals surface area contributed by atoms with Gasteiger partial charge in [0.15, 0.2) is 5.84 Å². The molecule has 0 bridgehead atoms. The van der Waals surface area contributed by atoms with E-state index in [9.17, 15) is 0 Å². The molecule has 0 aliphatic rings. The fourth-order valence-electron chi connectivity index (χ4n) is 0.966. The Labute approximate surface area is 76.3 Å². The maximum Gasteiger partial charge on any atom is 0.166 e. The minimum Gasteiger partial charge on any atom is -0.497 e. The number of nitrogens with one attached hydrogen (secondary N) is 1. The summed E-state index contributed by atoms with van der Waals surface area (Å²) in [4.78, 5) is 0. The van der Waals surface area contributed by atoms with E-state index in [1.54, 1.807) is 13.2 Å². The first-order chi connectivity index (χ1) is 6.31. The van der Waals surface area contributed by atoms with E-state index >= 15 is 0 Å². The van der Waals surface area contributed by atoms with E-state index in [1.807, 2.05) is 18.2 Å². The van der Waals surface area contributed by atoms with Crippen LogP contribution in [0.4, 0.5) is 0 Å². The molecular formula is C8H12N4O. The quantitative estimate of drug-likeness (QED) is 0.254. The van der Waals surface area contributed by atoms with Crippen molar-refractivity contribution in [2.45, 2.75) is 0 Å². The lowest BCUT2D eigenvalue weighted by atomic mass is 10.2. The van der Waals surface area contributed by atoms with Gasteiger partial charge in [-0.1, -0.05) is 12.1 Å². The molecule has 1 aromatic carbocycles. The number of nitrogens with zero attached hydrogens (tertiary/aromatic N) is 1.